The molecule has 2 rings (SSSR count). The van der Waals surface area contributed by atoms with Crippen LogP contribution >= 0.6 is 15.9 Å². The van der Waals surface area contributed by atoms with Gasteiger partial charge in [-0.05, 0) is 48.5 Å². The summed E-state index contributed by atoms with van der Waals surface area (Å²) in [7, 11) is 0. The van der Waals surface area contributed by atoms with Crippen LogP contribution in [0, 0.1) is 17.0 Å². The number of hydrogen-bond donors (Lipinski definition) is 2. The highest BCUT2D eigenvalue weighted by Crippen LogP contribution is 2.30. The maximum atomic E-state index is 10.8. The average molecular weight is 330 g/mol. The summed E-state index contributed by atoms with van der Waals surface area (Å²) in [5.74, 6) is 0.629. The third-order valence-corrected chi connectivity index (χ3v) is 3.98. The molecule has 1 heterocycles. The third-order valence-electron chi connectivity index (χ3n) is 3.37. The van der Waals surface area contributed by atoms with Gasteiger partial charge in [-0.1, -0.05) is 0 Å². The van der Waals surface area contributed by atoms with Gasteiger partial charge in [-0.25, -0.2) is 4.98 Å². The van der Waals surface area contributed by atoms with E-state index in [0.29, 0.717) is 16.0 Å². The van der Waals surface area contributed by atoms with Crippen LogP contribution < -0.4 is 5.32 Å². The fourth-order valence-corrected chi connectivity index (χ4v) is 2.69. The Morgan fingerprint density at radius 3 is 2.68 bits per heavy atom. The number of rotatable bonds is 3. The lowest BCUT2D eigenvalue weighted by Gasteiger charge is -2.27. The zero-order valence-corrected chi connectivity index (χ0v) is 12.2. The Kier molecular flexibility index (Phi) is 4.36. The van der Waals surface area contributed by atoms with Crippen molar-refractivity contribution in [3.05, 3.63) is 26.3 Å². The Morgan fingerprint density at radius 1 is 1.47 bits per heavy atom. The van der Waals surface area contributed by atoms with Gasteiger partial charge in [0.1, 0.15) is 11.5 Å². The number of aliphatic hydroxyl groups excluding tert-OH is 1. The summed E-state index contributed by atoms with van der Waals surface area (Å²) in [6, 6.07) is 1.73. The second kappa shape index (κ2) is 5.83. The Morgan fingerprint density at radius 2 is 2.11 bits per heavy atom. The van der Waals surface area contributed by atoms with Crippen LogP contribution in [0.5, 0.6) is 0 Å². The predicted molar refractivity (Wildman–Crippen MR) is 75.2 cm³/mol. The lowest BCUT2D eigenvalue weighted by Crippen LogP contribution is -2.28. The molecule has 0 bridgehead atoms. The Hall–Kier alpha value is -1.21. The van der Waals surface area contributed by atoms with Crippen molar-refractivity contribution in [2.75, 3.05) is 5.32 Å². The number of pyridine rings is 1. The summed E-state index contributed by atoms with van der Waals surface area (Å²) >= 11 is 3.31. The molecule has 6 nitrogen and oxygen atoms in total. The van der Waals surface area contributed by atoms with Crippen LogP contribution in [0.25, 0.3) is 0 Å². The van der Waals surface area contributed by atoms with Crippen LogP contribution in [0.1, 0.15) is 31.4 Å². The number of hydrogen-bond acceptors (Lipinski definition) is 5. The minimum absolute atomic E-state index is 0.0106. The average Bonchev–Trinajstić information content (AvgIpc) is 2.35. The van der Waals surface area contributed by atoms with Crippen LogP contribution in [0.4, 0.5) is 11.5 Å². The van der Waals surface area contributed by atoms with E-state index < -0.39 is 4.92 Å². The van der Waals surface area contributed by atoms with Crippen molar-refractivity contribution in [2.45, 2.75) is 44.8 Å². The van der Waals surface area contributed by atoms with Gasteiger partial charge in [0.05, 0.1) is 15.5 Å². The quantitative estimate of drug-likeness (QED) is 0.657. The van der Waals surface area contributed by atoms with Crippen LogP contribution in [-0.4, -0.2) is 27.2 Å². The zero-order valence-electron chi connectivity index (χ0n) is 10.6. The van der Waals surface area contributed by atoms with Gasteiger partial charge in [0.25, 0.3) is 5.69 Å². The first-order valence-electron chi connectivity index (χ1n) is 6.23. The molecule has 0 atom stereocenters. The van der Waals surface area contributed by atoms with Crippen LogP contribution in [0.3, 0.4) is 0 Å². The van der Waals surface area contributed by atoms with E-state index in [-0.39, 0.29) is 17.8 Å². The molecule has 2 N–H and O–H groups in total. The minimum Gasteiger partial charge on any atom is -0.393 e. The molecule has 0 unspecified atom stereocenters. The molecule has 104 valence electrons. The van der Waals surface area contributed by atoms with Gasteiger partial charge in [0.15, 0.2) is 0 Å². The van der Waals surface area contributed by atoms with Gasteiger partial charge in [0.2, 0.25) is 0 Å². The van der Waals surface area contributed by atoms with E-state index in [4.69, 9.17) is 0 Å². The minimum atomic E-state index is -0.437. The fourth-order valence-electron chi connectivity index (χ4n) is 2.27. The van der Waals surface area contributed by atoms with Crippen molar-refractivity contribution in [1.82, 2.24) is 4.98 Å². The van der Waals surface area contributed by atoms with E-state index in [1.807, 2.05) is 0 Å². The van der Waals surface area contributed by atoms with Gasteiger partial charge in [-0.3, -0.25) is 10.1 Å². The van der Waals surface area contributed by atoms with Crippen molar-refractivity contribution < 1.29 is 10.0 Å². The molecule has 0 radical (unpaired) electrons. The molecule has 0 aromatic carbocycles. The highest BCUT2D eigenvalue weighted by Gasteiger charge is 2.22. The number of aryl methyl sites for hydroxylation is 1. The van der Waals surface area contributed by atoms with E-state index >= 15 is 0 Å². The highest BCUT2D eigenvalue weighted by molar-refractivity contribution is 9.10. The van der Waals surface area contributed by atoms with Crippen LogP contribution in [0.2, 0.25) is 0 Å². The van der Waals surface area contributed by atoms with Crippen LogP contribution in [-0.2, 0) is 0 Å². The standard InChI is InChI=1S/C12H16BrN3O3/c1-7-11(16(18)19)6-10(13)12(14-7)15-8-2-4-9(17)5-3-8/h6,8-9,17H,2-5H2,1H3,(H,14,15)/t8-,9-. The summed E-state index contributed by atoms with van der Waals surface area (Å²) in [6.07, 6.45) is 3.12. The van der Waals surface area contributed by atoms with E-state index in [1.165, 1.54) is 6.07 Å². The summed E-state index contributed by atoms with van der Waals surface area (Å²) in [5, 5.41) is 23.6. The van der Waals surface area contributed by atoms with Crippen molar-refractivity contribution in [3.8, 4) is 0 Å². The lowest BCUT2D eigenvalue weighted by atomic mass is 9.93. The normalized spacial score (nSPS) is 23.1. The first-order valence-corrected chi connectivity index (χ1v) is 7.03. The molecule has 0 amide bonds. The molecule has 19 heavy (non-hydrogen) atoms. The molecule has 7 heteroatoms. The topological polar surface area (TPSA) is 88.3 Å². The second-order valence-corrected chi connectivity index (χ2v) is 5.68. The van der Waals surface area contributed by atoms with Gasteiger partial charge in [0, 0.05) is 12.1 Å². The van der Waals surface area contributed by atoms with Crippen molar-refractivity contribution in [3.63, 3.8) is 0 Å². The van der Waals surface area contributed by atoms with E-state index in [1.54, 1.807) is 6.92 Å². The second-order valence-electron chi connectivity index (χ2n) is 4.83. The largest absolute Gasteiger partial charge is 0.393 e. The summed E-state index contributed by atoms with van der Waals surface area (Å²) in [4.78, 5) is 14.6. The van der Waals surface area contributed by atoms with Crippen molar-refractivity contribution in [2.24, 2.45) is 0 Å². The maximum absolute atomic E-state index is 10.8. The number of halogens is 1. The van der Waals surface area contributed by atoms with Crippen LogP contribution in [0.15, 0.2) is 10.5 Å². The first-order chi connectivity index (χ1) is 8.97. The SMILES string of the molecule is Cc1nc(N[C@H]2CC[C@H](O)CC2)c(Br)cc1[N+](=O)[O-]. The van der Waals surface area contributed by atoms with Gasteiger partial charge in [-0.15, -0.1) is 0 Å². The molecular weight excluding hydrogens is 314 g/mol. The Balaban J connectivity index is 2.13. The van der Waals surface area contributed by atoms with Gasteiger partial charge >= 0.3 is 0 Å². The fraction of sp³-hybridized carbons (Fsp3) is 0.583. The summed E-state index contributed by atoms with van der Waals surface area (Å²) < 4.78 is 0.593. The number of nitrogens with zero attached hydrogens (tertiary/aromatic N) is 2. The smallest absolute Gasteiger partial charge is 0.291 e. The summed E-state index contributed by atoms with van der Waals surface area (Å²) in [5.41, 5.74) is 0.406. The van der Waals surface area contributed by atoms with E-state index in [9.17, 15) is 15.2 Å². The van der Waals surface area contributed by atoms with Crippen molar-refractivity contribution >= 4 is 27.4 Å². The molecular formula is C12H16BrN3O3. The predicted octanol–water partition coefficient (Wildman–Crippen LogP) is 2.78. The molecule has 1 saturated carbocycles. The molecule has 1 aromatic rings. The monoisotopic (exact) mass is 329 g/mol. The molecule has 0 aliphatic heterocycles. The molecule has 0 saturated heterocycles. The first kappa shape index (κ1) is 14.2. The molecule has 1 aromatic heterocycles. The highest BCUT2D eigenvalue weighted by atomic mass is 79.9. The number of aliphatic hydroxyl groups is 1. The Bertz CT molecular complexity index is 487. The number of aromatic nitrogens is 1. The van der Waals surface area contributed by atoms with E-state index in [2.05, 4.69) is 26.2 Å². The Labute approximate surface area is 119 Å². The number of nitrogens with one attached hydrogen (secondary N) is 1. The van der Waals surface area contributed by atoms with E-state index in [0.717, 1.165) is 25.7 Å². The third kappa shape index (κ3) is 3.42. The van der Waals surface area contributed by atoms with Crippen molar-refractivity contribution in [1.29, 1.82) is 0 Å². The summed E-state index contributed by atoms with van der Waals surface area (Å²) in [6.45, 7) is 1.63. The lowest BCUT2D eigenvalue weighted by molar-refractivity contribution is -0.385. The number of nitro groups is 1. The zero-order chi connectivity index (χ0) is 14.0. The van der Waals surface area contributed by atoms with Gasteiger partial charge < -0.3 is 10.4 Å². The molecule has 1 fully saturated rings. The van der Waals surface area contributed by atoms with Gasteiger partial charge in [-0.2, -0.15) is 0 Å². The molecule has 1 aliphatic rings. The molecule has 0 spiro atoms. The maximum Gasteiger partial charge on any atom is 0.291 e. The molecule has 1 aliphatic carbocycles. The number of anilines is 1.